The van der Waals surface area contributed by atoms with Gasteiger partial charge in [0, 0.05) is 12.1 Å². The molecule has 2 nitrogen and oxygen atoms in total. The summed E-state index contributed by atoms with van der Waals surface area (Å²) in [7, 11) is 0. The van der Waals surface area contributed by atoms with E-state index in [1.807, 2.05) is 0 Å². The molecule has 0 aliphatic rings. The fourth-order valence-corrected chi connectivity index (χ4v) is 1.83. The highest BCUT2D eigenvalue weighted by molar-refractivity contribution is 4.72. The van der Waals surface area contributed by atoms with Crippen molar-refractivity contribution in [3.8, 4) is 0 Å². The minimum Gasteiger partial charge on any atom is -0.395 e. The molecule has 0 saturated heterocycles. The zero-order valence-corrected chi connectivity index (χ0v) is 11.1. The highest BCUT2D eigenvalue weighted by Crippen LogP contribution is 2.09. The van der Waals surface area contributed by atoms with Crippen molar-refractivity contribution < 1.29 is 5.11 Å². The second kappa shape index (κ2) is 8.12. The molecule has 2 N–H and O–H groups in total. The molecule has 2 unspecified atom stereocenters. The average molecular weight is 215 g/mol. The first-order valence-electron chi connectivity index (χ1n) is 6.32. The van der Waals surface area contributed by atoms with Gasteiger partial charge in [-0.05, 0) is 38.0 Å². The molecule has 0 aliphatic carbocycles. The smallest absolute Gasteiger partial charge is 0.0584 e. The van der Waals surface area contributed by atoms with Crippen molar-refractivity contribution in [2.75, 3.05) is 6.61 Å². The zero-order valence-electron chi connectivity index (χ0n) is 11.1. The summed E-state index contributed by atoms with van der Waals surface area (Å²) in [5.74, 6) is 1.42. The minimum atomic E-state index is 0.254. The predicted molar refractivity (Wildman–Crippen MR) is 67.0 cm³/mol. The van der Waals surface area contributed by atoms with Crippen LogP contribution in [0.1, 0.15) is 53.9 Å². The number of nitrogens with one attached hydrogen (secondary N) is 1. The molecule has 0 amide bonds. The average Bonchev–Trinajstić information content (AvgIpc) is 2.13. The second-order valence-electron chi connectivity index (χ2n) is 5.55. The van der Waals surface area contributed by atoms with E-state index < -0.39 is 0 Å². The fourth-order valence-electron chi connectivity index (χ4n) is 1.83. The van der Waals surface area contributed by atoms with Crippen LogP contribution in [0, 0.1) is 11.8 Å². The van der Waals surface area contributed by atoms with Gasteiger partial charge in [-0.2, -0.15) is 0 Å². The molecule has 0 aliphatic heterocycles. The van der Waals surface area contributed by atoms with E-state index in [1.165, 1.54) is 12.8 Å². The third kappa shape index (κ3) is 8.88. The van der Waals surface area contributed by atoms with Gasteiger partial charge >= 0.3 is 0 Å². The van der Waals surface area contributed by atoms with Crippen LogP contribution in [-0.2, 0) is 0 Å². The maximum absolute atomic E-state index is 9.24. The molecule has 0 saturated carbocycles. The van der Waals surface area contributed by atoms with Gasteiger partial charge in [0.2, 0.25) is 0 Å². The van der Waals surface area contributed by atoms with Crippen molar-refractivity contribution in [1.29, 1.82) is 0 Å². The van der Waals surface area contributed by atoms with Crippen LogP contribution < -0.4 is 5.32 Å². The summed E-state index contributed by atoms with van der Waals surface area (Å²) in [4.78, 5) is 0. The van der Waals surface area contributed by atoms with Gasteiger partial charge in [-0.15, -0.1) is 0 Å². The summed E-state index contributed by atoms with van der Waals surface area (Å²) in [6.45, 7) is 11.4. The lowest BCUT2D eigenvalue weighted by Gasteiger charge is -2.23. The molecule has 0 aromatic heterocycles. The molecule has 0 rings (SSSR count). The van der Waals surface area contributed by atoms with Gasteiger partial charge in [-0.25, -0.2) is 0 Å². The van der Waals surface area contributed by atoms with E-state index in [4.69, 9.17) is 0 Å². The highest BCUT2D eigenvalue weighted by atomic mass is 16.3. The Bertz CT molecular complexity index is 145. The Morgan fingerprint density at radius 1 is 0.933 bits per heavy atom. The van der Waals surface area contributed by atoms with E-state index in [9.17, 15) is 5.11 Å². The molecule has 0 heterocycles. The Morgan fingerprint density at radius 3 is 1.93 bits per heavy atom. The monoisotopic (exact) mass is 215 g/mol. The standard InChI is InChI=1S/C13H29NO/c1-10(2)6-7-12(5)14-13(9-15)8-11(3)4/h10-15H,6-9H2,1-5H3. The Balaban J connectivity index is 3.74. The molecule has 0 aromatic rings. The first-order chi connectivity index (χ1) is 6.95. The number of aliphatic hydroxyl groups is 1. The predicted octanol–water partition coefficient (Wildman–Crippen LogP) is 2.81. The lowest BCUT2D eigenvalue weighted by molar-refractivity contribution is 0.211. The van der Waals surface area contributed by atoms with Gasteiger partial charge in [0.05, 0.1) is 6.61 Å². The summed E-state index contributed by atoms with van der Waals surface area (Å²) < 4.78 is 0. The summed E-state index contributed by atoms with van der Waals surface area (Å²) in [6.07, 6.45) is 3.52. The van der Waals surface area contributed by atoms with Crippen molar-refractivity contribution in [3.63, 3.8) is 0 Å². The van der Waals surface area contributed by atoms with E-state index in [-0.39, 0.29) is 12.6 Å². The second-order valence-corrected chi connectivity index (χ2v) is 5.55. The van der Waals surface area contributed by atoms with E-state index in [0.29, 0.717) is 12.0 Å². The lowest BCUT2D eigenvalue weighted by atomic mass is 10.0. The third-order valence-corrected chi connectivity index (χ3v) is 2.67. The lowest BCUT2D eigenvalue weighted by Crippen LogP contribution is -2.40. The van der Waals surface area contributed by atoms with Crippen molar-refractivity contribution >= 4 is 0 Å². The first kappa shape index (κ1) is 14.9. The van der Waals surface area contributed by atoms with E-state index >= 15 is 0 Å². The minimum absolute atomic E-state index is 0.254. The molecule has 92 valence electrons. The van der Waals surface area contributed by atoms with Crippen LogP contribution in [0.5, 0.6) is 0 Å². The van der Waals surface area contributed by atoms with Gasteiger partial charge in [-0.3, -0.25) is 0 Å². The van der Waals surface area contributed by atoms with E-state index in [0.717, 1.165) is 12.3 Å². The Morgan fingerprint density at radius 2 is 1.53 bits per heavy atom. The molecule has 0 aromatic carbocycles. The number of hydrogen-bond acceptors (Lipinski definition) is 2. The summed E-state index contributed by atoms with van der Waals surface area (Å²) in [5.41, 5.74) is 0. The zero-order chi connectivity index (χ0) is 11.8. The molecular weight excluding hydrogens is 186 g/mol. The van der Waals surface area contributed by atoms with Crippen LogP contribution in [0.15, 0.2) is 0 Å². The van der Waals surface area contributed by atoms with Crippen molar-refractivity contribution in [1.82, 2.24) is 5.32 Å². The first-order valence-corrected chi connectivity index (χ1v) is 6.32. The third-order valence-electron chi connectivity index (χ3n) is 2.67. The van der Waals surface area contributed by atoms with Gasteiger partial charge in [0.15, 0.2) is 0 Å². The maximum Gasteiger partial charge on any atom is 0.0584 e. The number of aliphatic hydroxyl groups excluding tert-OH is 1. The van der Waals surface area contributed by atoms with E-state index in [2.05, 4.69) is 39.9 Å². The van der Waals surface area contributed by atoms with Gasteiger partial charge < -0.3 is 10.4 Å². The topological polar surface area (TPSA) is 32.3 Å². The molecule has 0 bridgehead atoms. The summed E-state index contributed by atoms with van der Waals surface area (Å²) in [5, 5.41) is 12.7. The SMILES string of the molecule is CC(C)CCC(C)NC(CO)CC(C)C. The van der Waals surface area contributed by atoms with Gasteiger partial charge in [0.1, 0.15) is 0 Å². The van der Waals surface area contributed by atoms with Crippen LogP contribution in [-0.4, -0.2) is 23.8 Å². The quantitative estimate of drug-likeness (QED) is 0.652. The van der Waals surface area contributed by atoms with Crippen LogP contribution in [0.4, 0.5) is 0 Å². The molecule has 2 atom stereocenters. The molecule has 0 radical (unpaired) electrons. The molecule has 0 spiro atoms. The molecule has 0 fully saturated rings. The molecule has 2 heteroatoms. The van der Waals surface area contributed by atoms with Crippen molar-refractivity contribution in [2.45, 2.75) is 66.0 Å². The van der Waals surface area contributed by atoms with Crippen LogP contribution in [0.2, 0.25) is 0 Å². The summed E-state index contributed by atoms with van der Waals surface area (Å²) >= 11 is 0. The van der Waals surface area contributed by atoms with Gasteiger partial charge in [0.25, 0.3) is 0 Å². The van der Waals surface area contributed by atoms with Crippen molar-refractivity contribution in [2.24, 2.45) is 11.8 Å². The number of hydrogen-bond donors (Lipinski definition) is 2. The molecular formula is C13H29NO. The van der Waals surface area contributed by atoms with Gasteiger partial charge in [-0.1, -0.05) is 27.7 Å². The normalized spacial score (nSPS) is 16.0. The van der Waals surface area contributed by atoms with E-state index in [1.54, 1.807) is 0 Å². The van der Waals surface area contributed by atoms with Crippen LogP contribution in [0.3, 0.4) is 0 Å². The Kier molecular flexibility index (Phi) is 8.07. The maximum atomic E-state index is 9.24. The largest absolute Gasteiger partial charge is 0.395 e. The molecule has 15 heavy (non-hydrogen) atoms. The number of rotatable bonds is 8. The Labute approximate surface area is 95.5 Å². The summed E-state index contributed by atoms with van der Waals surface area (Å²) in [6, 6.07) is 0.787. The fraction of sp³-hybridized carbons (Fsp3) is 1.00. The van der Waals surface area contributed by atoms with Crippen LogP contribution in [0.25, 0.3) is 0 Å². The highest BCUT2D eigenvalue weighted by Gasteiger charge is 2.12. The van der Waals surface area contributed by atoms with Crippen LogP contribution >= 0.6 is 0 Å². The Hall–Kier alpha value is -0.0800. The van der Waals surface area contributed by atoms with Crippen molar-refractivity contribution in [3.05, 3.63) is 0 Å².